The molecule has 0 bridgehead atoms. The molecule has 13 aromatic rings. The third kappa shape index (κ3) is 10.8. The van der Waals surface area contributed by atoms with Gasteiger partial charge in [0.25, 0.3) is 0 Å². The summed E-state index contributed by atoms with van der Waals surface area (Å²) in [5.74, 6) is 0.665. The van der Waals surface area contributed by atoms with Crippen LogP contribution < -0.4 is 9.80 Å². The van der Waals surface area contributed by atoms with Gasteiger partial charge in [0, 0.05) is 66.6 Å². The van der Waals surface area contributed by atoms with E-state index in [9.17, 15) is 0 Å². The Kier molecular flexibility index (Phi) is 14.6. The number of furan rings is 2. The molecule has 1 aliphatic carbocycles. The van der Waals surface area contributed by atoms with Crippen LogP contribution >= 0.6 is 0 Å². The lowest BCUT2D eigenvalue weighted by molar-refractivity contribution is 0.375. The van der Waals surface area contributed by atoms with Crippen molar-refractivity contribution >= 4 is 78.0 Å². The standard InChI is InChI=1S/C86H82N2O2/c1-56(2)23-24-57-25-37-64(38-26-57)87(65-39-27-58(28-40-65)59-30-50-81-76(53-59)74-18-13-14-21-79(74)89-81)66-43-33-62(34-44-66)84(6,7)51-52-85(8,9)63-35-45-68(46-36-63)88(67-41-31-61(32-42-67)83(3,4)5)69-47-49-72-71-48-29-60(54-77(71)86(10,11)78(72)55-69)70-19-16-20-75-73-17-12-15-22-80(73)90-82(70)75/h12-22,25-50,53-56H,23-24,51-52H2,1-11H3. The lowest BCUT2D eigenvalue weighted by Gasteiger charge is -2.33. The van der Waals surface area contributed by atoms with Gasteiger partial charge in [-0.1, -0.05) is 216 Å². The summed E-state index contributed by atoms with van der Waals surface area (Å²) in [6.07, 6.45) is 4.32. The Bertz CT molecular complexity index is 4780. The molecule has 14 rings (SSSR count). The first-order valence-electron chi connectivity index (χ1n) is 32.5. The summed E-state index contributed by atoms with van der Waals surface area (Å²) in [6, 6.07) is 90.2. The van der Waals surface area contributed by atoms with Crippen molar-refractivity contribution in [2.75, 3.05) is 9.80 Å². The molecule has 0 saturated heterocycles. The molecule has 90 heavy (non-hydrogen) atoms. The molecule has 0 unspecified atom stereocenters. The van der Waals surface area contributed by atoms with E-state index in [1.165, 1.54) is 67.6 Å². The smallest absolute Gasteiger partial charge is 0.143 e. The van der Waals surface area contributed by atoms with E-state index in [0.29, 0.717) is 5.92 Å². The summed E-state index contributed by atoms with van der Waals surface area (Å²) in [7, 11) is 0. The van der Waals surface area contributed by atoms with Gasteiger partial charge in [-0.15, -0.1) is 0 Å². The Hall–Kier alpha value is -9.38. The molecule has 0 saturated carbocycles. The van der Waals surface area contributed by atoms with Crippen molar-refractivity contribution in [1.29, 1.82) is 0 Å². The highest BCUT2D eigenvalue weighted by Crippen LogP contribution is 2.53. The molecule has 1 aliphatic rings. The van der Waals surface area contributed by atoms with Gasteiger partial charge in [-0.2, -0.15) is 0 Å². The van der Waals surface area contributed by atoms with Gasteiger partial charge < -0.3 is 18.6 Å². The molecule has 0 fully saturated rings. The van der Waals surface area contributed by atoms with E-state index in [1.54, 1.807) is 0 Å². The highest BCUT2D eigenvalue weighted by atomic mass is 16.3. The Morgan fingerprint density at radius 1 is 0.367 bits per heavy atom. The fourth-order valence-corrected chi connectivity index (χ4v) is 14.0. The molecule has 0 amide bonds. The number of benzene rings is 11. The first kappa shape index (κ1) is 58.3. The Morgan fingerprint density at radius 2 is 0.811 bits per heavy atom. The van der Waals surface area contributed by atoms with Crippen LogP contribution in [-0.2, 0) is 28.1 Å². The monoisotopic (exact) mass is 1170 g/mol. The minimum absolute atomic E-state index is 0.0395. The minimum atomic E-state index is -0.243. The topological polar surface area (TPSA) is 32.8 Å². The maximum Gasteiger partial charge on any atom is 0.143 e. The van der Waals surface area contributed by atoms with Crippen LogP contribution in [0.4, 0.5) is 34.1 Å². The Balaban J connectivity index is 0.716. The molecule has 2 aromatic heterocycles. The number of anilines is 6. The van der Waals surface area contributed by atoms with E-state index in [4.69, 9.17) is 8.83 Å². The third-order valence-electron chi connectivity index (χ3n) is 19.9. The zero-order valence-corrected chi connectivity index (χ0v) is 54.2. The van der Waals surface area contributed by atoms with Crippen molar-refractivity contribution in [3.63, 3.8) is 0 Å². The van der Waals surface area contributed by atoms with Crippen LogP contribution in [0.2, 0.25) is 0 Å². The first-order valence-corrected chi connectivity index (χ1v) is 32.5. The predicted molar refractivity (Wildman–Crippen MR) is 382 cm³/mol. The molecule has 11 aromatic carbocycles. The van der Waals surface area contributed by atoms with Crippen LogP contribution in [0.5, 0.6) is 0 Å². The lowest BCUT2D eigenvalue weighted by Crippen LogP contribution is -2.24. The Morgan fingerprint density at radius 3 is 1.39 bits per heavy atom. The van der Waals surface area contributed by atoms with Crippen LogP contribution in [0, 0.1) is 5.92 Å². The molecule has 0 aliphatic heterocycles. The maximum atomic E-state index is 6.55. The van der Waals surface area contributed by atoms with Crippen molar-refractivity contribution in [3.05, 3.63) is 276 Å². The van der Waals surface area contributed by atoms with E-state index in [1.807, 2.05) is 18.2 Å². The van der Waals surface area contributed by atoms with E-state index >= 15 is 0 Å². The van der Waals surface area contributed by atoms with Crippen molar-refractivity contribution < 1.29 is 8.83 Å². The second kappa shape index (κ2) is 22.6. The quantitative estimate of drug-likeness (QED) is 0.0965. The van der Waals surface area contributed by atoms with Gasteiger partial charge in [0.05, 0.1) is 0 Å². The molecule has 2 heterocycles. The fourth-order valence-electron chi connectivity index (χ4n) is 14.0. The van der Waals surface area contributed by atoms with Gasteiger partial charge in [-0.25, -0.2) is 0 Å². The van der Waals surface area contributed by atoms with E-state index in [-0.39, 0.29) is 21.7 Å². The second-order valence-electron chi connectivity index (χ2n) is 28.7. The summed E-state index contributed by atoms with van der Waals surface area (Å²) in [4.78, 5) is 4.85. The van der Waals surface area contributed by atoms with Crippen molar-refractivity contribution in [3.8, 4) is 33.4 Å². The van der Waals surface area contributed by atoms with Crippen LogP contribution in [0.25, 0.3) is 77.3 Å². The van der Waals surface area contributed by atoms with Gasteiger partial charge in [0.1, 0.15) is 22.3 Å². The number of hydrogen-bond acceptors (Lipinski definition) is 4. The number of rotatable bonds is 16. The third-order valence-corrected chi connectivity index (χ3v) is 19.9. The number of fused-ring (bicyclic) bond motifs is 9. The minimum Gasteiger partial charge on any atom is -0.456 e. The molecule has 0 radical (unpaired) electrons. The number of hydrogen-bond donors (Lipinski definition) is 0. The average molecular weight is 1180 g/mol. The fraction of sp³-hybridized carbons (Fsp3) is 0.233. The van der Waals surface area contributed by atoms with Crippen molar-refractivity contribution in [2.24, 2.45) is 5.92 Å². The maximum absolute atomic E-state index is 6.55. The molecule has 448 valence electrons. The van der Waals surface area contributed by atoms with E-state index < -0.39 is 0 Å². The molecular weight excluding hydrogens is 1090 g/mol. The van der Waals surface area contributed by atoms with Gasteiger partial charge in [0.15, 0.2) is 0 Å². The summed E-state index contributed by atoms with van der Waals surface area (Å²) >= 11 is 0. The summed E-state index contributed by atoms with van der Waals surface area (Å²) in [6.45, 7) is 25.9. The molecular formula is C86H82N2O2. The molecule has 4 heteroatoms. The number of nitrogens with zero attached hydrogens (tertiary/aromatic N) is 2. The summed E-state index contributed by atoms with van der Waals surface area (Å²) in [5, 5.41) is 4.58. The molecule has 0 spiro atoms. The number of aryl methyl sites for hydroxylation is 1. The average Bonchev–Trinajstić information content (AvgIpc) is 1.58. The van der Waals surface area contributed by atoms with Gasteiger partial charge in [-0.05, 0) is 212 Å². The zero-order chi connectivity index (χ0) is 62.3. The highest BCUT2D eigenvalue weighted by Gasteiger charge is 2.37. The molecule has 0 N–H and O–H groups in total. The second-order valence-corrected chi connectivity index (χ2v) is 28.7. The summed E-state index contributed by atoms with van der Waals surface area (Å²) < 4.78 is 12.7. The first-order chi connectivity index (χ1) is 43.3. The largest absolute Gasteiger partial charge is 0.456 e. The Labute approximate surface area is 532 Å². The molecule has 0 atom stereocenters. The van der Waals surface area contributed by atoms with Crippen LogP contribution in [-0.4, -0.2) is 0 Å². The van der Waals surface area contributed by atoms with Crippen molar-refractivity contribution in [2.45, 2.75) is 124 Å². The number of para-hydroxylation sites is 3. The SMILES string of the molecule is CC(C)CCc1ccc(N(c2ccc(-c3ccc4oc5ccccc5c4c3)cc2)c2ccc(C(C)(C)CCC(C)(C)c3ccc(N(c4ccc(C(C)(C)C)cc4)c4ccc5c(c4)C(C)(C)c4cc(-c6cccc7c6oc6ccccc67)ccc4-5)cc3)cc2)cc1. The van der Waals surface area contributed by atoms with Gasteiger partial charge in [0.2, 0.25) is 0 Å². The van der Waals surface area contributed by atoms with Crippen LogP contribution in [0.15, 0.2) is 251 Å². The molecule has 4 nitrogen and oxygen atoms in total. The van der Waals surface area contributed by atoms with Gasteiger partial charge in [-0.3, -0.25) is 0 Å². The predicted octanol–water partition coefficient (Wildman–Crippen LogP) is 25.0. The summed E-state index contributed by atoms with van der Waals surface area (Å²) in [5.41, 5.74) is 25.4. The van der Waals surface area contributed by atoms with Crippen LogP contribution in [0.3, 0.4) is 0 Å². The van der Waals surface area contributed by atoms with Crippen LogP contribution in [0.1, 0.15) is 129 Å². The lowest BCUT2D eigenvalue weighted by atomic mass is 9.73. The highest BCUT2D eigenvalue weighted by molar-refractivity contribution is 6.10. The van der Waals surface area contributed by atoms with Crippen molar-refractivity contribution in [1.82, 2.24) is 0 Å². The van der Waals surface area contributed by atoms with E-state index in [2.05, 4.69) is 310 Å². The van der Waals surface area contributed by atoms with E-state index in [0.717, 1.165) is 103 Å². The zero-order valence-electron chi connectivity index (χ0n) is 54.2. The normalized spacial score (nSPS) is 13.2. The van der Waals surface area contributed by atoms with Gasteiger partial charge >= 0.3 is 0 Å².